The molecule has 0 aromatic heterocycles. The van der Waals surface area contributed by atoms with Gasteiger partial charge in [-0.1, -0.05) is 30.3 Å². The highest BCUT2D eigenvalue weighted by atomic mass is 19.4. The van der Waals surface area contributed by atoms with E-state index in [4.69, 9.17) is 0 Å². The molecular formula is C19H13F17O2. The fraction of sp³-hybridized carbons (Fsp3) is 0.632. The summed E-state index contributed by atoms with van der Waals surface area (Å²) in [5.74, 6) is -58.8. The summed E-state index contributed by atoms with van der Waals surface area (Å²) in [4.78, 5) is 11.6. The molecule has 0 aliphatic rings. The molecule has 1 atom stereocenters. The Balaban J connectivity index is 3.27. The summed E-state index contributed by atoms with van der Waals surface area (Å²) in [5.41, 5.74) is 0.183. The van der Waals surface area contributed by atoms with Gasteiger partial charge in [-0.2, -0.15) is 74.6 Å². The molecule has 0 bridgehead atoms. The highest BCUT2D eigenvalue weighted by Gasteiger charge is 2.95. The lowest BCUT2D eigenvalue weighted by molar-refractivity contribution is -0.461. The van der Waals surface area contributed by atoms with E-state index in [1.54, 1.807) is 0 Å². The van der Waals surface area contributed by atoms with Gasteiger partial charge in [0.2, 0.25) is 0 Å². The Kier molecular flexibility index (Phi) is 8.75. The molecule has 0 unspecified atom stereocenters. The maximum atomic E-state index is 13.8. The summed E-state index contributed by atoms with van der Waals surface area (Å²) in [6, 6.07) is 6.87. The van der Waals surface area contributed by atoms with E-state index in [1.807, 2.05) is 0 Å². The zero-order valence-corrected chi connectivity index (χ0v) is 18.1. The van der Waals surface area contributed by atoms with Crippen molar-refractivity contribution in [1.29, 1.82) is 0 Å². The molecule has 0 heterocycles. The van der Waals surface area contributed by atoms with Gasteiger partial charge in [0, 0.05) is 6.42 Å². The minimum atomic E-state index is -8.69. The lowest BCUT2D eigenvalue weighted by Crippen LogP contribution is -2.74. The third-order valence-electron chi connectivity index (χ3n) is 5.01. The Morgan fingerprint density at radius 2 is 1.00 bits per heavy atom. The summed E-state index contributed by atoms with van der Waals surface area (Å²) in [5, 5.41) is 0. The van der Waals surface area contributed by atoms with Crippen LogP contribution in [-0.2, 0) is 9.53 Å². The van der Waals surface area contributed by atoms with E-state index >= 15 is 0 Å². The maximum absolute atomic E-state index is 13.8. The molecule has 2 nitrogen and oxygen atoms in total. The SMILES string of the molecule is C[C@H](OC(=O)CCC(F)(F)C(F)(F)C(F)(F)C(F)(F)C(F)(F)C(F)(F)C(F)(F)C(F)(F)F)c1ccccc1. The smallest absolute Gasteiger partial charge is 0.458 e. The zero-order chi connectivity index (χ0) is 30.4. The summed E-state index contributed by atoms with van der Waals surface area (Å²) < 4.78 is 229. The number of hydrogen-bond donors (Lipinski definition) is 0. The Morgan fingerprint density at radius 3 is 1.39 bits per heavy atom. The Morgan fingerprint density at radius 1 is 0.632 bits per heavy atom. The first-order chi connectivity index (χ1) is 16.6. The van der Waals surface area contributed by atoms with Crippen LogP contribution in [0.5, 0.6) is 0 Å². The van der Waals surface area contributed by atoms with Crippen LogP contribution in [0.4, 0.5) is 74.6 Å². The number of carbonyl (C=O) groups is 1. The van der Waals surface area contributed by atoms with Crippen LogP contribution in [-0.4, -0.2) is 53.6 Å². The number of carbonyl (C=O) groups excluding carboxylic acids is 1. The van der Waals surface area contributed by atoms with Gasteiger partial charge < -0.3 is 4.74 Å². The Bertz CT molecular complexity index is 969. The molecule has 0 spiro atoms. The van der Waals surface area contributed by atoms with Gasteiger partial charge in [-0.15, -0.1) is 0 Å². The van der Waals surface area contributed by atoms with Gasteiger partial charge in [0.15, 0.2) is 0 Å². The minimum absolute atomic E-state index is 0.183. The lowest BCUT2D eigenvalue weighted by atomic mass is 9.88. The monoisotopic (exact) mass is 596 g/mol. The predicted octanol–water partition coefficient (Wildman–Crippen LogP) is 8.08. The minimum Gasteiger partial charge on any atom is -0.458 e. The van der Waals surface area contributed by atoms with Crippen LogP contribution in [0.15, 0.2) is 30.3 Å². The fourth-order valence-electron chi connectivity index (χ4n) is 2.66. The van der Waals surface area contributed by atoms with Crippen LogP contribution < -0.4 is 0 Å². The van der Waals surface area contributed by atoms with Gasteiger partial charge in [-0.05, 0) is 12.5 Å². The first-order valence-electron chi connectivity index (χ1n) is 9.59. The van der Waals surface area contributed by atoms with Crippen molar-refractivity contribution in [3.63, 3.8) is 0 Å². The van der Waals surface area contributed by atoms with E-state index in [0.717, 1.165) is 6.92 Å². The molecule has 19 heteroatoms. The van der Waals surface area contributed by atoms with Gasteiger partial charge in [0.1, 0.15) is 6.10 Å². The normalized spacial score (nSPS) is 15.8. The van der Waals surface area contributed by atoms with Gasteiger partial charge >= 0.3 is 53.6 Å². The Hall–Kier alpha value is -2.50. The van der Waals surface area contributed by atoms with Crippen LogP contribution >= 0.6 is 0 Å². The number of esters is 1. The third kappa shape index (κ3) is 5.20. The third-order valence-corrected chi connectivity index (χ3v) is 5.01. The van der Waals surface area contributed by atoms with E-state index < -0.39 is 72.5 Å². The molecule has 38 heavy (non-hydrogen) atoms. The van der Waals surface area contributed by atoms with E-state index in [2.05, 4.69) is 4.74 Å². The van der Waals surface area contributed by atoms with Crippen LogP contribution in [0.25, 0.3) is 0 Å². The zero-order valence-electron chi connectivity index (χ0n) is 18.1. The van der Waals surface area contributed by atoms with Crippen molar-refractivity contribution in [1.82, 2.24) is 0 Å². The van der Waals surface area contributed by atoms with Gasteiger partial charge in [-0.3, -0.25) is 4.79 Å². The predicted molar refractivity (Wildman–Crippen MR) is 90.9 cm³/mol. The molecule has 1 aromatic carbocycles. The second kappa shape index (κ2) is 9.91. The summed E-state index contributed by atoms with van der Waals surface area (Å²) >= 11 is 0. The standard InChI is InChI=1S/C19H13F17O2/c1-9(10-5-3-2-4-6-10)38-11(37)7-8-12(20,21)13(22,23)14(24,25)15(26,27)16(28,29)17(30,31)18(32,33)19(34,35)36/h2-6,9H,7-8H2,1H3/t9-/m0/s1. The number of rotatable bonds is 11. The number of hydrogen-bond acceptors (Lipinski definition) is 2. The molecule has 0 N–H and O–H groups in total. The fourth-order valence-corrected chi connectivity index (χ4v) is 2.66. The average Bonchev–Trinajstić information content (AvgIpc) is 2.76. The number of benzene rings is 1. The highest BCUT2D eigenvalue weighted by Crippen LogP contribution is 2.64. The first kappa shape index (κ1) is 33.5. The summed E-state index contributed by atoms with van der Waals surface area (Å²) in [6.45, 7) is 1.10. The van der Waals surface area contributed by atoms with E-state index in [-0.39, 0.29) is 5.56 Å². The molecule has 0 amide bonds. The highest BCUT2D eigenvalue weighted by molar-refractivity contribution is 5.69. The Labute approximate surface area is 200 Å². The second-order valence-corrected chi connectivity index (χ2v) is 7.69. The summed E-state index contributed by atoms with van der Waals surface area (Å²) in [6.07, 6.45) is -13.9. The number of alkyl halides is 17. The van der Waals surface area contributed by atoms with E-state index in [0.29, 0.717) is 0 Å². The molecular weight excluding hydrogens is 583 g/mol. The van der Waals surface area contributed by atoms with E-state index in [1.165, 1.54) is 30.3 Å². The largest absolute Gasteiger partial charge is 0.460 e. The second-order valence-electron chi connectivity index (χ2n) is 7.69. The molecule has 0 aliphatic heterocycles. The maximum Gasteiger partial charge on any atom is 0.460 e. The van der Waals surface area contributed by atoms with Crippen molar-refractivity contribution >= 4 is 5.97 Å². The average molecular weight is 596 g/mol. The van der Waals surface area contributed by atoms with Gasteiger partial charge in [0.05, 0.1) is 6.42 Å². The van der Waals surface area contributed by atoms with Crippen molar-refractivity contribution in [3.8, 4) is 0 Å². The molecule has 0 radical (unpaired) electrons. The first-order valence-corrected chi connectivity index (χ1v) is 9.59. The van der Waals surface area contributed by atoms with Crippen molar-refractivity contribution < 1.29 is 84.2 Å². The molecule has 0 aliphatic carbocycles. The lowest BCUT2D eigenvalue weighted by Gasteiger charge is -2.42. The van der Waals surface area contributed by atoms with Gasteiger partial charge in [-0.25, -0.2) is 0 Å². The molecule has 0 fully saturated rings. The van der Waals surface area contributed by atoms with Crippen LogP contribution in [0.3, 0.4) is 0 Å². The number of ether oxygens (including phenoxy) is 1. The van der Waals surface area contributed by atoms with Crippen molar-refractivity contribution in [3.05, 3.63) is 35.9 Å². The number of halogens is 17. The topological polar surface area (TPSA) is 26.3 Å². The molecule has 0 saturated carbocycles. The van der Waals surface area contributed by atoms with E-state index in [9.17, 15) is 79.4 Å². The van der Waals surface area contributed by atoms with Gasteiger partial charge in [0.25, 0.3) is 0 Å². The van der Waals surface area contributed by atoms with Crippen LogP contribution in [0.2, 0.25) is 0 Å². The quantitative estimate of drug-likeness (QED) is 0.191. The van der Waals surface area contributed by atoms with Crippen molar-refractivity contribution in [2.24, 2.45) is 0 Å². The molecule has 1 aromatic rings. The summed E-state index contributed by atoms with van der Waals surface area (Å²) in [7, 11) is 0. The molecule has 1 rings (SSSR count). The van der Waals surface area contributed by atoms with Crippen LogP contribution in [0, 0.1) is 0 Å². The molecule has 0 saturated heterocycles. The van der Waals surface area contributed by atoms with Crippen molar-refractivity contribution in [2.75, 3.05) is 0 Å². The van der Waals surface area contributed by atoms with Crippen molar-refractivity contribution in [2.45, 2.75) is 73.5 Å². The molecule has 220 valence electrons. The van der Waals surface area contributed by atoms with Crippen LogP contribution in [0.1, 0.15) is 31.4 Å².